The van der Waals surface area contributed by atoms with Crippen LogP contribution in [0.15, 0.2) is 34.9 Å². The summed E-state index contributed by atoms with van der Waals surface area (Å²) in [6.45, 7) is 0. The Hall–Kier alpha value is -1.33. The minimum absolute atomic E-state index is 0.419. The number of nitrogens with two attached hydrogens (primary N) is 1. The Morgan fingerprint density at radius 2 is 2.12 bits per heavy atom. The molecule has 0 radical (unpaired) electrons. The van der Waals surface area contributed by atoms with Gasteiger partial charge in [-0.1, -0.05) is 11.6 Å². The average molecular weight is 300 g/mol. The van der Waals surface area contributed by atoms with Crippen molar-refractivity contribution in [2.75, 3.05) is 11.1 Å². The molecule has 0 bridgehead atoms. The van der Waals surface area contributed by atoms with Crippen LogP contribution in [0.25, 0.3) is 0 Å². The van der Waals surface area contributed by atoms with Crippen molar-refractivity contribution < 1.29 is 0 Å². The molecule has 0 aliphatic heterocycles. The molecular formula is C10H8BrClN4. The lowest BCUT2D eigenvalue weighted by Crippen LogP contribution is -1.99. The van der Waals surface area contributed by atoms with Gasteiger partial charge in [-0.2, -0.15) is 4.98 Å². The van der Waals surface area contributed by atoms with Crippen molar-refractivity contribution in [3.8, 4) is 0 Å². The summed E-state index contributed by atoms with van der Waals surface area (Å²) in [5, 5.41) is 3.69. The van der Waals surface area contributed by atoms with Crippen molar-refractivity contribution >= 4 is 45.0 Å². The van der Waals surface area contributed by atoms with E-state index < -0.39 is 0 Å². The molecule has 16 heavy (non-hydrogen) atoms. The quantitative estimate of drug-likeness (QED) is 0.893. The minimum atomic E-state index is 0.419. The molecule has 2 rings (SSSR count). The highest BCUT2D eigenvalue weighted by Crippen LogP contribution is 2.27. The van der Waals surface area contributed by atoms with E-state index in [4.69, 9.17) is 17.3 Å². The minimum Gasteiger partial charge on any atom is -0.384 e. The van der Waals surface area contributed by atoms with Crippen LogP contribution in [0.4, 0.5) is 17.5 Å². The van der Waals surface area contributed by atoms with Gasteiger partial charge in [-0.15, -0.1) is 0 Å². The highest BCUT2D eigenvalue weighted by atomic mass is 79.9. The molecule has 0 aliphatic rings. The molecule has 2 aromatic rings. The van der Waals surface area contributed by atoms with Crippen LogP contribution in [0.3, 0.4) is 0 Å². The second-order valence-electron chi connectivity index (χ2n) is 3.05. The maximum atomic E-state index is 5.84. The predicted molar refractivity (Wildman–Crippen MR) is 68.9 cm³/mol. The molecule has 0 spiro atoms. The molecule has 0 fully saturated rings. The first kappa shape index (κ1) is 11.2. The summed E-state index contributed by atoms with van der Waals surface area (Å²) in [6, 6.07) is 7.03. The zero-order valence-electron chi connectivity index (χ0n) is 8.11. The SMILES string of the molecule is Nc1ccnc(Nc2ccc(Cl)cc2Br)n1. The lowest BCUT2D eigenvalue weighted by Gasteiger charge is -2.07. The maximum Gasteiger partial charge on any atom is 0.229 e. The summed E-state index contributed by atoms with van der Waals surface area (Å²) in [5.41, 5.74) is 6.38. The maximum absolute atomic E-state index is 5.84. The van der Waals surface area contributed by atoms with Crippen LogP contribution >= 0.6 is 27.5 Å². The monoisotopic (exact) mass is 298 g/mol. The van der Waals surface area contributed by atoms with Crippen LogP contribution in [0, 0.1) is 0 Å². The van der Waals surface area contributed by atoms with Crippen molar-refractivity contribution in [1.29, 1.82) is 0 Å². The van der Waals surface area contributed by atoms with E-state index in [0.717, 1.165) is 10.2 Å². The van der Waals surface area contributed by atoms with Gasteiger partial charge in [0.1, 0.15) is 5.82 Å². The summed E-state index contributed by atoms with van der Waals surface area (Å²) in [7, 11) is 0. The Morgan fingerprint density at radius 3 is 2.81 bits per heavy atom. The van der Waals surface area contributed by atoms with Crippen molar-refractivity contribution in [2.24, 2.45) is 0 Å². The standard InChI is InChI=1S/C10H8BrClN4/c11-7-5-6(12)1-2-8(7)15-10-14-4-3-9(13)16-10/h1-5H,(H3,13,14,15,16). The third-order valence-electron chi connectivity index (χ3n) is 1.85. The molecule has 1 aromatic heterocycles. The molecule has 82 valence electrons. The summed E-state index contributed by atoms with van der Waals surface area (Å²) in [4.78, 5) is 8.08. The molecule has 4 nitrogen and oxygen atoms in total. The van der Waals surface area contributed by atoms with E-state index >= 15 is 0 Å². The molecule has 0 amide bonds. The summed E-state index contributed by atoms with van der Waals surface area (Å²) >= 11 is 9.23. The van der Waals surface area contributed by atoms with Crippen molar-refractivity contribution in [1.82, 2.24) is 9.97 Å². The number of nitrogens with one attached hydrogen (secondary N) is 1. The van der Waals surface area contributed by atoms with Gasteiger partial charge in [0.2, 0.25) is 5.95 Å². The van der Waals surface area contributed by atoms with E-state index in [0.29, 0.717) is 16.8 Å². The smallest absolute Gasteiger partial charge is 0.229 e. The second kappa shape index (κ2) is 4.67. The lowest BCUT2D eigenvalue weighted by atomic mass is 10.3. The molecule has 1 aromatic carbocycles. The molecule has 6 heteroatoms. The van der Waals surface area contributed by atoms with Gasteiger partial charge < -0.3 is 11.1 Å². The normalized spacial score (nSPS) is 10.1. The van der Waals surface area contributed by atoms with E-state index in [1.807, 2.05) is 6.07 Å². The van der Waals surface area contributed by atoms with Gasteiger partial charge in [0, 0.05) is 15.7 Å². The predicted octanol–water partition coefficient (Wildman–Crippen LogP) is 3.22. The van der Waals surface area contributed by atoms with Crippen molar-refractivity contribution in [3.05, 3.63) is 40.0 Å². The van der Waals surface area contributed by atoms with E-state index in [-0.39, 0.29) is 0 Å². The Kier molecular flexibility index (Phi) is 3.26. The molecule has 3 N–H and O–H groups in total. The number of anilines is 3. The molecular weight excluding hydrogens is 291 g/mol. The topological polar surface area (TPSA) is 63.8 Å². The number of hydrogen-bond acceptors (Lipinski definition) is 4. The van der Waals surface area contributed by atoms with E-state index in [9.17, 15) is 0 Å². The third-order valence-corrected chi connectivity index (χ3v) is 2.75. The van der Waals surface area contributed by atoms with Gasteiger partial charge in [-0.05, 0) is 40.2 Å². The van der Waals surface area contributed by atoms with Crippen molar-refractivity contribution in [3.63, 3.8) is 0 Å². The molecule has 0 saturated heterocycles. The van der Waals surface area contributed by atoms with Gasteiger partial charge in [0.25, 0.3) is 0 Å². The third kappa shape index (κ3) is 2.62. The molecule has 0 saturated carbocycles. The van der Waals surface area contributed by atoms with Gasteiger partial charge in [0.05, 0.1) is 5.69 Å². The molecule has 1 heterocycles. The molecule has 0 atom stereocenters. The number of nitrogens with zero attached hydrogens (tertiary/aromatic N) is 2. The Morgan fingerprint density at radius 1 is 1.31 bits per heavy atom. The number of rotatable bonds is 2. The van der Waals surface area contributed by atoms with Crippen LogP contribution < -0.4 is 11.1 Å². The summed E-state index contributed by atoms with van der Waals surface area (Å²) in [6.07, 6.45) is 1.59. The largest absolute Gasteiger partial charge is 0.384 e. The fourth-order valence-corrected chi connectivity index (χ4v) is 1.93. The first-order chi connectivity index (χ1) is 7.65. The summed E-state index contributed by atoms with van der Waals surface area (Å²) < 4.78 is 0.839. The van der Waals surface area contributed by atoms with E-state index in [2.05, 4.69) is 31.2 Å². The number of aromatic nitrogens is 2. The Labute approximate surface area is 106 Å². The van der Waals surface area contributed by atoms with Crippen LogP contribution in [0.1, 0.15) is 0 Å². The zero-order chi connectivity index (χ0) is 11.5. The average Bonchev–Trinajstić information content (AvgIpc) is 2.22. The van der Waals surface area contributed by atoms with Crippen LogP contribution in [0.2, 0.25) is 5.02 Å². The number of benzene rings is 1. The van der Waals surface area contributed by atoms with Crippen LogP contribution in [-0.4, -0.2) is 9.97 Å². The van der Waals surface area contributed by atoms with Crippen LogP contribution in [-0.2, 0) is 0 Å². The van der Waals surface area contributed by atoms with Crippen LogP contribution in [0.5, 0.6) is 0 Å². The van der Waals surface area contributed by atoms with Crippen molar-refractivity contribution in [2.45, 2.75) is 0 Å². The molecule has 0 aliphatic carbocycles. The highest BCUT2D eigenvalue weighted by molar-refractivity contribution is 9.10. The molecule has 0 unspecified atom stereocenters. The number of nitrogen functional groups attached to an aromatic ring is 1. The highest BCUT2D eigenvalue weighted by Gasteiger charge is 2.03. The fourth-order valence-electron chi connectivity index (χ4n) is 1.14. The van der Waals surface area contributed by atoms with Gasteiger partial charge in [0.15, 0.2) is 0 Å². The zero-order valence-corrected chi connectivity index (χ0v) is 10.5. The second-order valence-corrected chi connectivity index (χ2v) is 4.35. The fraction of sp³-hybridized carbons (Fsp3) is 0. The number of halogens is 2. The van der Waals surface area contributed by atoms with E-state index in [1.165, 1.54) is 0 Å². The first-order valence-electron chi connectivity index (χ1n) is 4.46. The van der Waals surface area contributed by atoms with E-state index in [1.54, 1.807) is 24.4 Å². The first-order valence-corrected chi connectivity index (χ1v) is 5.63. The lowest BCUT2D eigenvalue weighted by molar-refractivity contribution is 1.17. The van der Waals surface area contributed by atoms with Gasteiger partial charge >= 0.3 is 0 Å². The van der Waals surface area contributed by atoms with Gasteiger partial charge in [-0.25, -0.2) is 4.98 Å². The number of hydrogen-bond donors (Lipinski definition) is 2. The Bertz CT molecular complexity index is 518. The Balaban J connectivity index is 2.27. The summed E-state index contributed by atoms with van der Waals surface area (Å²) in [5.74, 6) is 0.866. The van der Waals surface area contributed by atoms with Gasteiger partial charge in [-0.3, -0.25) is 0 Å².